The minimum atomic E-state index is 0.443. The third-order valence-corrected chi connectivity index (χ3v) is 2.32. The molecule has 60 valence electrons. The lowest BCUT2D eigenvalue weighted by Gasteiger charge is -2.39. The quantitative estimate of drug-likeness (QED) is 0.596. The molecule has 0 unspecified atom stereocenters. The van der Waals surface area contributed by atoms with Crippen LogP contribution in [0.4, 0.5) is 0 Å². The third-order valence-electron chi connectivity index (χ3n) is 2.32. The summed E-state index contributed by atoms with van der Waals surface area (Å²) < 4.78 is 4.94. The second kappa shape index (κ2) is 3.35. The Hall–Kier alpha value is -0.0800. The van der Waals surface area contributed by atoms with Crippen molar-refractivity contribution in [2.45, 2.75) is 31.7 Å². The molecule has 1 saturated carbocycles. The summed E-state index contributed by atoms with van der Waals surface area (Å²) in [5.41, 5.74) is 0.443. The zero-order valence-electron chi connectivity index (χ0n) is 6.94. The molecule has 0 aromatic heterocycles. The maximum absolute atomic E-state index is 4.94. The zero-order valence-corrected chi connectivity index (χ0v) is 6.94. The van der Waals surface area contributed by atoms with Crippen molar-refractivity contribution in [1.29, 1.82) is 0 Å². The highest BCUT2D eigenvalue weighted by Crippen LogP contribution is 2.30. The summed E-state index contributed by atoms with van der Waals surface area (Å²) in [7, 11) is 1.74. The van der Waals surface area contributed by atoms with Gasteiger partial charge in [-0.25, -0.2) is 0 Å². The fourth-order valence-corrected chi connectivity index (χ4v) is 1.34. The summed E-state index contributed by atoms with van der Waals surface area (Å²) in [4.78, 5) is 0. The Morgan fingerprint density at radius 1 is 1.50 bits per heavy atom. The summed E-state index contributed by atoms with van der Waals surface area (Å²) in [6.45, 7) is 4.11. The molecular weight excluding hydrogens is 126 g/mol. The topological polar surface area (TPSA) is 21.3 Å². The van der Waals surface area contributed by atoms with Gasteiger partial charge < -0.3 is 10.1 Å². The molecule has 1 aliphatic carbocycles. The van der Waals surface area contributed by atoms with E-state index < -0.39 is 0 Å². The van der Waals surface area contributed by atoms with Gasteiger partial charge in [-0.15, -0.1) is 0 Å². The second-order valence-corrected chi connectivity index (χ2v) is 3.33. The Morgan fingerprint density at radius 3 is 2.60 bits per heavy atom. The van der Waals surface area contributed by atoms with Gasteiger partial charge in [0, 0.05) is 19.2 Å². The zero-order chi connectivity index (χ0) is 7.45. The third kappa shape index (κ3) is 1.96. The summed E-state index contributed by atoms with van der Waals surface area (Å²) in [5.74, 6) is 0. The Morgan fingerprint density at radius 2 is 2.20 bits per heavy atom. The van der Waals surface area contributed by atoms with Gasteiger partial charge in [-0.05, 0) is 26.2 Å². The van der Waals surface area contributed by atoms with Crippen LogP contribution in [-0.2, 0) is 4.74 Å². The van der Waals surface area contributed by atoms with Crippen LogP contribution in [0.5, 0.6) is 0 Å². The van der Waals surface area contributed by atoms with Crippen LogP contribution in [0.25, 0.3) is 0 Å². The largest absolute Gasteiger partial charge is 0.383 e. The van der Waals surface area contributed by atoms with Crippen LogP contribution < -0.4 is 5.32 Å². The number of ether oxygens (including phenoxy) is 1. The molecule has 0 aromatic rings. The predicted molar refractivity (Wildman–Crippen MR) is 42.1 cm³/mol. The van der Waals surface area contributed by atoms with Crippen molar-refractivity contribution >= 4 is 0 Å². The van der Waals surface area contributed by atoms with Crippen molar-refractivity contribution in [2.24, 2.45) is 0 Å². The predicted octanol–water partition coefficient (Wildman–Crippen LogP) is 1.16. The van der Waals surface area contributed by atoms with E-state index in [9.17, 15) is 0 Å². The smallest absolute Gasteiger partial charge is 0.0587 e. The monoisotopic (exact) mass is 143 g/mol. The van der Waals surface area contributed by atoms with Crippen molar-refractivity contribution in [3.05, 3.63) is 0 Å². The van der Waals surface area contributed by atoms with E-state index in [0.29, 0.717) is 5.54 Å². The maximum atomic E-state index is 4.94. The fraction of sp³-hybridized carbons (Fsp3) is 1.00. The van der Waals surface area contributed by atoms with E-state index in [1.807, 2.05) is 0 Å². The normalized spacial score (nSPS) is 22.2. The molecule has 1 N–H and O–H groups in total. The minimum absolute atomic E-state index is 0.443. The summed E-state index contributed by atoms with van der Waals surface area (Å²) >= 11 is 0. The summed E-state index contributed by atoms with van der Waals surface area (Å²) in [6, 6.07) is 0. The van der Waals surface area contributed by atoms with Gasteiger partial charge in [0.2, 0.25) is 0 Å². The fourth-order valence-electron chi connectivity index (χ4n) is 1.34. The van der Waals surface area contributed by atoms with Crippen molar-refractivity contribution in [1.82, 2.24) is 5.32 Å². The molecule has 0 bridgehead atoms. The Balaban J connectivity index is 2.01. The van der Waals surface area contributed by atoms with E-state index >= 15 is 0 Å². The van der Waals surface area contributed by atoms with Crippen LogP contribution in [0, 0.1) is 0 Å². The molecule has 0 aromatic carbocycles. The first-order chi connectivity index (χ1) is 4.77. The Kier molecular flexibility index (Phi) is 2.69. The molecule has 1 rings (SSSR count). The molecule has 2 nitrogen and oxygen atoms in total. The van der Waals surface area contributed by atoms with Crippen molar-refractivity contribution in [3.63, 3.8) is 0 Å². The van der Waals surface area contributed by atoms with E-state index in [0.717, 1.165) is 13.2 Å². The van der Waals surface area contributed by atoms with Gasteiger partial charge in [0.1, 0.15) is 0 Å². The average molecular weight is 143 g/mol. The summed E-state index contributed by atoms with van der Waals surface area (Å²) in [6.07, 6.45) is 4.05. The number of methoxy groups -OCH3 is 1. The van der Waals surface area contributed by atoms with Crippen LogP contribution in [0.15, 0.2) is 0 Å². The first-order valence-electron chi connectivity index (χ1n) is 4.01. The van der Waals surface area contributed by atoms with Gasteiger partial charge >= 0.3 is 0 Å². The van der Waals surface area contributed by atoms with Crippen molar-refractivity contribution in [3.8, 4) is 0 Å². The van der Waals surface area contributed by atoms with Gasteiger partial charge in [0.15, 0.2) is 0 Å². The van der Waals surface area contributed by atoms with Gasteiger partial charge in [0.25, 0.3) is 0 Å². The molecule has 10 heavy (non-hydrogen) atoms. The van der Waals surface area contributed by atoms with Crippen molar-refractivity contribution in [2.75, 3.05) is 20.3 Å². The number of hydrogen-bond donors (Lipinski definition) is 1. The highest BCUT2D eigenvalue weighted by Gasteiger charge is 2.30. The van der Waals surface area contributed by atoms with E-state index in [-0.39, 0.29) is 0 Å². The molecule has 0 saturated heterocycles. The van der Waals surface area contributed by atoms with E-state index in [4.69, 9.17) is 4.74 Å². The molecule has 1 fully saturated rings. The van der Waals surface area contributed by atoms with E-state index in [1.165, 1.54) is 19.3 Å². The van der Waals surface area contributed by atoms with Crippen LogP contribution in [0.2, 0.25) is 0 Å². The van der Waals surface area contributed by atoms with Crippen molar-refractivity contribution < 1.29 is 4.74 Å². The lowest BCUT2D eigenvalue weighted by atomic mass is 9.78. The second-order valence-electron chi connectivity index (χ2n) is 3.33. The number of rotatable bonds is 4. The van der Waals surface area contributed by atoms with Crippen LogP contribution in [0.1, 0.15) is 26.2 Å². The molecule has 0 atom stereocenters. The minimum Gasteiger partial charge on any atom is -0.383 e. The average Bonchev–Trinajstić information content (AvgIpc) is 1.85. The highest BCUT2D eigenvalue weighted by molar-refractivity contribution is 4.90. The summed E-state index contributed by atoms with van der Waals surface area (Å²) in [5, 5.41) is 3.47. The molecule has 0 heterocycles. The lowest BCUT2D eigenvalue weighted by molar-refractivity contribution is 0.157. The van der Waals surface area contributed by atoms with Crippen LogP contribution >= 0.6 is 0 Å². The highest BCUT2D eigenvalue weighted by atomic mass is 16.5. The van der Waals surface area contributed by atoms with Crippen LogP contribution in [0.3, 0.4) is 0 Å². The standard InChI is InChI=1S/C8H17NO/c1-8(4-3-5-8)9-6-7-10-2/h9H,3-7H2,1-2H3. The van der Waals surface area contributed by atoms with E-state index in [2.05, 4.69) is 12.2 Å². The molecule has 0 amide bonds. The molecule has 0 aliphatic heterocycles. The first kappa shape index (κ1) is 8.02. The molecule has 0 radical (unpaired) electrons. The van der Waals surface area contributed by atoms with Crippen LogP contribution in [-0.4, -0.2) is 25.8 Å². The Bertz CT molecular complexity index is 99.4. The Labute approximate surface area is 63.0 Å². The van der Waals surface area contributed by atoms with Gasteiger partial charge in [-0.2, -0.15) is 0 Å². The first-order valence-corrected chi connectivity index (χ1v) is 4.01. The number of hydrogen-bond acceptors (Lipinski definition) is 2. The molecular formula is C8H17NO. The van der Waals surface area contributed by atoms with Gasteiger partial charge in [-0.1, -0.05) is 0 Å². The SMILES string of the molecule is COCCNC1(C)CCC1. The van der Waals surface area contributed by atoms with Gasteiger partial charge in [0.05, 0.1) is 6.61 Å². The van der Waals surface area contributed by atoms with Gasteiger partial charge in [-0.3, -0.25) is 0 Å². The maximum Gasteiger partial charge on any atom is 0.0587 e. The molecule has 0 spiro atoms. The molecule has 2 heteroatoms. The molecule has 1 aliphatic rings. The van der Waals surface area contributed by atoms with E-state index in [1.54, 1.807) is 7.11 Å². The number of nitrogens with one attached hydrogen (secondary N) is 1. The lowest BCUT2D eigenvalue weighted by Crippen LogP contribution is -2.49.